The van der Waals surface area contributed by atoms with Crippen LogP contribution >= 0.6 is 0 Å². The van der Waals surface area contributed by atoms with Gasteiger partial charge in [-0.3, -0.25) is 0 Å². The molecular weight excluding hydrogens is 134 g/mol. The van der Waals surface area contributed by atoms with Gasteiger partial charge in [0.25, 0.3) is 0 Å². The van der Waals surface area contributed by atoms with E-state index in [0.29, 0.717) is 0 Å². The highest BCUT2D eigenvalue weighted by Crippen LogP contribution is 2.33. The Balaban J connectivity index is 2.67. The Hall–Kier alpha value is -1.50. The molecule has 0 radical (unpaired) electrons. The molecule has 11 heavy (non-hydrogen) atoms. The van der Waals surface area contributed by atoms with Crippen LogP contribution in [0.3, 0.4) is 0 Å². The summed E-state index contributed by atoms with van der Waals surface area (Å²) < 4.78 is 0. The Morgan fingerprint density at radius 3 is 2.73 bits per heavy atom. The number of hydrogen-bond donors (Lipinski definition) is 1. The summed E-state index contributed by atoms with van der Waals surface area (Å²) >= 11 is 0. The van der Waals surface area contributed by atoms with Crippen molar-refractivity contribution in [1.82, 2.24) is 0 Å². The number of nitrogens with one attached hydrogen (secondary N) is 1. The Morgan fingerprint density at radius 1 is 1.00 bits per heavy atom. The van der Waals surface area contributed by atoms with Crippen molar-refractivity contribution in [2.24, 2.45) is 0 Å². The summed E-state index contributed by atoms with van der Waals surface area (Å²) in [5, 5.41) is 5.96. The van der Waals surface area contributed by atoms with Gasteiger partial charge in [0, 0.05) is 16.8 Å². The van der Waals surface area contributed by atoms with Gasteiger partial charge < -0.3 is 5.32 Å². The van der Waals surface area contributed by atoms with E-state index in [-0.39, 0.29) is 0 Å². The molecule has 1 nitrogen and oxygen atoms in total. The first kappa shape index (κ1) is 5.19. The molecule has 1 N–H and O–H groups in total. The van der Waals surface area contributed by atoms with Crippen molar-refractivity contribution in [1.29, 1.82) is 0 Å². The summed E-state index contributed by atoms with van der Waals surface area (Å²) in [6, 6.07) is 12.8. The van der Waals surface area contributed by atoms with E-state index < -0.39 is 0 Å². The first-order valence-corrected chi connectivity index (χ1v) is 3.73. The summed E-state index contributed by atoms with van der Waals surface area (Å²) in [5.41, 5.74) is 2.44. The number of anilines is 2. The van der Waals surface area contributed by atoms with Crippen molar-refractivity contribution >= 4 is 22.1 Å². The van der Waals surface area contributed by atoms with Gasteiger partial charge >= 0.3 is 0 Å². The third-order valence-electron chi connectivity index (χ3n) is 2.16. The van der Waals surface area contributed by atoms with Crippen molar-refractivity contribution in [3.63, 3.8) is 0 Å². The van der Waals surface area contributed by atoms with E-state index in [1.165, 1.54) is 22.1 Å². The minimum absolute atomic E-state index is 1.20. The quantitative estimate of drug-likeness (QED) is 0.507. The number of rotatable bonds is 0. The van der Waals surface area contributed by atoms with Crippen molar-refractivity contribution in [3.05, 3.63) is 36.4 Å². The van der Waals surface area contributed by atoms with E-state index in [9.17, 15) is 0 Å². The molecule has 0 spiro atoms. The normalized spacial score (nSPS) is 12.4. The van der Waals surface area contributed by atoms with Crippen molar-refractivity contribution < 1.29 is 0 Å². The average molecular weight is 141 g/mol. The number of benzene rings is 2. The zero-order valence-corrected chi connectivity index (χ0v) is 5.96. The molecule has 0 fully saturated rings. The van der Waals surface area contributed by atoms with Gasteiger partial charge in [0.2, 0.25) is 0 Å². The maximum absolute atomic E-state index is 3.31. The SMILES string of the molecule is c1cc2c3ccc(cc3c1)N2. The number of hydrogen-bond acceptors (Lipinski definition) is 1. The molecule has 2 aromatic rings. The molecule has 0 aliphatic carbocycles. The lowest BCUT2D eigenvalue weighted by Gasteiger charge is -2.16. The fraction of sp³-hybridized carbons (Fsp3) is 0. The smallest absolute Gasteiger partial charge is 0.0463 e. The molecule has 2 aliphatic heterocycles. The summed E-state index contributed by atoms with van der Waals surface area (Å²) in [5.74, 6) is 0. The first-order chi connectivity index (χ1) is 5.43. The first-order valence-electron chi connectivity index (χ1n) is 3.73. The second-order valence-electron chi connectivity index (χ2n) is 2.87. The summed E-state index contributed by atoms with van der Waals surface area (Å²) in [6.07, 6.45) is 0. The lowest BCUT2D eigenvalue weighted by molar-refractivity contribution is 1.56. The van der Waals surface area contributed by atoms with E-state index in [1.54, 1.807) is 0 Å². The molecule has 0 atom stereocenters. The van der Waals surface area contributed by atoms with Crippen LogP contribution in [0, 0.1) is 0 Å². The third kappa shape index (κ3) is 0.552. The maximum atomic E-state index is 3.31. The van der Waals surface area contributed by atoms with E-state index in [2.05, 4.69) is 41.7 Å². The Labute approximate surface area is 64.7 Å². The molecule has 2 heterocycles. The zero-order chi connectivity index (χ0) is 7.26. The molecule has 2 aromatic carbocycles. The molecule has 2 aliphatic rings. The molecule has 4 rings (SSSR count). The van der Waals surface area contributed by atoms with Gasteiger partial charge in [0.05, 0.1) is 0 Å². The highest BCUT2D eigenvalue weighted by atomic mass is 14.9. The van der Waals surface area contributed by atoms with Crippen molar-refractivity contribution in [2.45, 2.75) is 0 Å². The van der Waals surface area contributed by atoms with Gasteiger partial charge in [-0.2, -0.15) is 0 Å². The highest BCUT2D eigenvalue weighted by molar-refractivity contribution is 6.01. The fourth-order valence-corrected chi connectivity index (χ4v) is 1.63. The summed E-state index contributed by atoms with van der Waals surface area (Å²) in [4.78, 5) is 0. The highest BCUT2D eigenvalue weighted by Gasteiger charge is 2.07. The van der Waals surface area contributed by atoms with Crippen LogP contribution < -0.4 is 5.32 Å². The van der Waals surface area contributed by atoms with Crippen LogP contribution in [0.5, 0.6) is 0 Å². The van der Waals surface area contributed by atoms with Crippen LogP contribution in [-0.2, 0) is 0 Å². The third-order valence-corrected chi connectivity index (χ3v) is 2.16. The average Bonchev–Trinajstić information content (AvgIpc) is 2.05. The lowest BCUT2D eigenvalue weighted by Crippen LogP contribution is -1.96. The maximum Gasteiger partial charge on any atom is 0.0463 e. The molecule has 0 unspecified atom stereocenters. The molecule has 0 saturated heterocycles. The van der Waals surface area contributed by atoms with E-state index in [4.69, 9.17) is 0 Å². The summed E-state index contributed by atoms with van der Waals surface area (Å²) in [7, 11) is 0. The van der Waals surface area contributed by atoms with Crippen LogP contribution in [0.2, 0.25) is 0 Å². The minimum atomic E-state index is 1.20. The van der Waals surface area contributed by atoms with Crippen LogP contribution in [0.1, 0.15) is 0 Å². The largest absolute Gasteiger partial charge is 0.355 e. The van der Waals surface area contributed by atoms with Gasteiger partial charge in [-0.15, -0.1) is 0 Å². The molecule has 4 bridgehead atoms. The van der Waals surface area contributed by atoms with Crippen molar-refractivity contribution in [3.8, 4) is 0 Å². The number of fused-ring (bicyclic) bond motifs is 1. The van der Waals surface area contributed by atoms with Gasteiger partial charge in [0.1, 0.15) is 0 Å². The predicted octanol–water partition coefficient (Wildman–Crippen LogP) is 2.90. The molecule has 0 saturated carbocycles. The van der Waals surface area contributed by atoms with Crippen LogP contribution in [0.25, 0.3) is 10.8 Å². The minimum Gasteiger partial charge on any atom is -0.355 e. The summed E-state index contributed by atoms with van der Waals surface area (Å²) in [6.45, 7) is 0. The molecule has 1 heteroatoms. The Morgan fingerprint density at radius 2 is 2.00 bits per heavy atom. The second kappa shape index (κ2) is 1.56. The van der Waals surface area contributed by atoms with Gasteiger partial charge in [-0.25, -0.2) is 0 Å². The topological polar surface area (TPSA) is 12.0 Å². The molecular formula is C10H7N. The molecule has 52 valence electrons. The molecule has 0 amide bonds. The predicted molar refractivity (Wildman–Crippen MR) is 47.2 cm³/mol. The Bertz CT molecular complexity index is 432. The van der Waals surface area contributed by atoms with Crippen LogP contribution in [-0.4, -0.2) is 0 Å². The second-order valence-corrected chi connectivity index (χ2v) is 2.87. The lowest BCUT2D eigenvalue weighted by atomic mass is 10.0. The monoisotopic (exact) mass is 141 g/mol. The molecule has 0 aromatic heterocycles. The van der Waals surface area contributed by atoms with E-state index in [1.807, 2.05) is 0 Å². The van der Waals surface area contributed by atoms with Crippen molar-refractivity contribution in [2.75, 3.05) is 5.32 Å². The van der Waals surface area contributed by atoms with Gasteiger partial charge in [0.15, 0.2) is 0 Å². The van der Waals surface area contributed by atoms with Gasteiger partial charge in [-0.1, -0.05) is 18.2 Å². The van der Waals surface area contributed by atoms with Gasteiger partial charge in [-0.05, 0) is 23.6 Å². The van der Waals surface area contributed by atoms with Crippen LogP contribution in [0.4, 0.5) is 11.4 Å². The Kier molecular flexibility index (Phi) is 0.737. The zero-order valence-electron chi connectivity index (χ0n) is 5.96. The van der Waals surface area contributed by atoms with Crippen LogP contribution in [0.15, 0.2) is 36.4 Å². The van der Waals surface area contributed by atoms with E-state index in [0.717, 1.165) is 0 Å². The van der Waals surface area contributed by atoms with E-state index >= 15 is 0 Å². The standard InChI is InChI=1S/C10H7N/c1-2-7-6-8-4-5-9(7)10(3-1)11-8/h1-6,11H. The fourth-order valence-electron chi connectivity index (χ4n) is 1.63.